The molecule has 0 aliphatic carbocycles. The number of aromatic nitrogens is 2. The van der Waals surface area contributed by atoms with Crippen LogP contribution in [-0.4, -0.2) is 53.4 Å². The van der Waals surface area contributed by atoms with Crippen molar-refractivity contribution in [2.24, 2.45) is 0 Å². The number of methoxy groups -OCH3 is 1. The number of nitrogens with one attached hydrogen (secondary N) is 1. The summed E-state index contributed by atoms with van der Waals surface area (Å²) in [6, 6.07) is 3.46. The lowest BCUT2D eigenvalue weighted by Gasteiger charge is -2.31. The molecule has 2 aromatic rings. The third-order valence-electron chi connectivity index (χ3n) is 4.84. The van der Waals surface area contributed by atoms with Crippen molar-refractivity contribution < 1.29 is 14.3 Å². The number of thiazole rings is 1. The Hall–Kier alpha value is -2.48. The van der Waals surface area contributed by atoms with Gasteiger partial charge in [-0.05, 0) is 18.9 Å². The highest BCUT2D eigenvalue weighted by atomic mass is 32.1. The average molecular weight is 403 g/mol. The molecule has 1 aliphatic rings. The van der Waals surface area contributed by atoms with E-state index in [4.69, 9.17) is 9.72 Å². The zero-order valence-electron chi connectivity index (χ0n) is 16.3. The topological polar surface area (TPSA) is 84.4 Å². The van der Waals surface area contributed by atoms with Gasteiger partial charge in [-0.3, -0.25) is 9.59 Å². The maximum atomic E-state index is 12.8. The first kappa shape index (κ1) is 20.3. The van der Waals surface area contributed by atoms with Gasteiger partial charge >= 0.3 is 0 Å². The Kier molecular flexibility index (Phi) is 6.97. The highest BCUT2D eigenvalue weighted by Gasteiger charge is 2.27. The van der Waals surface area contributed by atoms with Crippen LogP contribution in [0.1, 0.15) is 53.2 Å². The predicted molar refractivity (Wildman–Crippen MR) is 108 cm³/mol. The molecular weight excluding hydrogens is 376 g/mol. The summed E-state index contributed by atoms with van der Waals surface area (Å²) >= 11 is 1.64. The summed E-state index contributed by atoms with van der Waals surface area (Å²) in [4.78, 5) is 34.9. The number of carbonyl (C=O) groups excluding carboxylic acids is 2. The van der Waals surface area contributed by atoms with E-state index in [-0.39, 0.29) is 17.7 Å². The third-order valence-corrected chi connectivity index (χ3v) is 5.90. The molecule has 0 saturated carbocycles. The van der Waals surface area contributed by atoms with E-state index in [1.54, 1.807) is 36.8 Å². The lowest BCUT2D eigenvalue weighted by Crippen LogP contribution is -2.39. The fraction of sp³-hybridized carbons (Fsp3) is 0.500. The third kappa shape index (κ3) is 5.07. The first-order valence-electron chi connectivity index (χ1n) is 9.61. The molecule has 1 fully saturated rings. The molecule has 1 atom stereocenters. The van der Waals surface area contributed by atoms with Crippen molar-refractivity contribution in [3.8, 4) is 5.88 Å². The Labute approximate surface area is 169 Å². The fourth-order valence-electron chi connectivity index (χ4n) is 3.25. The van der Waals surface area contributed by atoms with Crippen molar-refractivity contribution in [2.75, 3.05) is 26.7 Å². The molecule has 0 radical (unpaired) electrons. The molecule has 2 aromatic heterocycles. The van der Waals surface area contributed by atoms with Crippen LogP contribution in [0.15, 0.2) is 23.7 Å². The summed E-state index contributed by atoms with van der Waals surface area (Å²) in [5.74, 6) is 0.815. The highest BCUT2D eigenvalue weighted by Crippen LogP contribution is 2.30. The van der Waals surface area contributed by atoms with Gasteiger partial charge in [0, 0.05) is 56.0 Å². The lowest BCUT2D eigenvalue weighted by molar-refractivity contribution is -0.120. The number of likely N-dealkylation sites (tertiary alicyclic amines) is 1. The zero-order valence-corrected chi connectivity index (χ0v) is 17.1. The Bertz CT molecular complexity index is 806. The summed E-state index contributed by atoms with van der Waals surface area (Å²) in [7, 11) is 1.55. The van der Waals surface area contributed by atoms with E-state index in [0.717, 1.165) is 36.5 Å². The number of pyridine rings is 1. The van der Waals surface area contributed by atoms with Gasteiger partial charge in [-0.1, -0.05) is 6.92 Å². The molecule has 0 aromatic carbocycles. The monoisotopic (exact) mass is 402 g/mol. The Morgan fingerprint density at radius 1 is 1.39 bits per heavy atom. The summed E-state index contributed by atoms with van der Waals surface area (Å²) in [5.41, 5.74) is 1.58. The molecule has 1 N–H and O–H groups in total. The lowest BCUT2D eigenvalue weighted by atomic mass is 9.98. The molecular formula is C20H26N4O3S. The summed E-state index contributed by atoms with van der Waals surface area (Å²) < 4.78 is 5.05. The summed E-state index contributed by atoms with van der Waals surface area (Å²) in [6.07, 6.45) is 4.79. The van der Waals surface area contributed by atoms with E-state index >= 15 is 0 Å². The van der Waals surface area contributed by atoms with Crippen LogP contribution in [-0.2, 0) is 11.2 Å². The van der Waals surface area contributed by atoms with E-state index in [0.29, 0.717) is 31.0 Å². The standard InChI is InChI=1S/C20H26N4O3S/c1-3-17(25)21-9-8-16-13-28-19(23-16)15-5-4-10-24(12-15)20(26)14-6-7-18(27-2)22-11-14/h6-7,11,13,15H,3-5,8-10,12H2,1-2H3,(H,21,25)/t15-/m1/s1. The predicted octanol–water partition coefficient (Wildman–Crippen LogP) is 2.64. The van der Waals surface area contributed by atoms with E-state index in [1.165, 1.54) is 0 Å². The Morgan fingerprint density at radius 3 is 2.96 bits per heavy atom. The van der Waals surface area contributed by atoms with Gasteiger partial charge in [0.15, 0.2) is 0 Å². The van der Waals surface area contributed by atoms with E-state index in [9.17, 15) is 9.59 Å². The van der Waals surface area contributed by atoms with Crippen molar-refractivity contribution in [1.82, 2.24) is 20.2 Å². The minimum Gasteiger partial charge on any atom is -0.481 e. The second kappa shape index (κ2) is 9.64. The van der Waals surface area contributed by atoms with Gasteiger partial charge in [0.1, 0.15) is 0 Å². The number of ether oxygens (including phenoxy) is 1. The largest absolute Gasteiger partial charge is 0.481 e. The van der Waals surface area contributed by atoms with Crippen LogP contribution in [0.2, 0.25) is 0 Å². The normalized spacial score (nSPS) is 16.6. The van der Waals surface area contributed by atoms with Crippen LogP contribution >= 0.6 is 11.3 Å². The van der Waals surface area contributed by atoms with Crippen molar-refractivity contribution in [1.29, 1.82) is 0 Å². The molecule has 0 unspecified atom stereocenters. The maximum Gasteiger partial charge on any atom is 0.255 e. The van der Waals surface area contributed by atoms with Crippen molar-refractivity contribution in [3.05, 3.63) is 40.0 Å². The van der Waals surface area contributed by atoms with Crippen molar-refractivity contribution >= 4 is 23.2 Å². The first-order valence-corrected chi connectivity index (χ1v) is 10.5. The van der Waals surface area contributed by atoms with Gasteiger partial charge in [-0.15, -0.1) is 11.3 Å². The van der Waals surface area contributed by atoms with E-state index < -0.39 is 0 Å². The Balaban J connectivity index is 1.58. The second-order valence-electron chi connectivity index (χ2n) is 6.81. The van der Waals surface area contributed by atoms with Crippen LogP contribution in [0, 0.1) is 0 Å². The number of hydrogen-bond donors (Lipinski definition) is 1. The molecule has 7 nitrogen and oxygen atoms in total. The molecule has 0 bridgehead atoms. The van der Waals surface area contributed by atoms with Crippen molar-refractivity contribution in [3.63, 3.8) is 0 Å². The smallest absolute Gasteiger partial charge is 0.255 e. The molecule has 1 aliphatic heterocycles. The second-order valence-corrected chi connectivity index (χ2v) is 7.70. The molecule has 2 amide bonds. The minimum absolute atomic E-state index is 0.00101. The van der Waals surface area contributed by atoms with E-state index in [2.05, 4.69) is 15.7 Å². The van der Waals surface area contributed by atoms with Gasteiger partial charge in [-0.2, -0.15) is 0 Å². The summed E-state index contributed by atoms with van der Waals surface area (Å²) in [5, 5.41) is 6.00. The Morgan fingerprint density at radius 2 is 2.25 bits per heavy atom. The number of rotatable bonds is 7. The van der Waals surface area contributed by atoms with Crippen LogP contribution in [0.4, 0.5) is 0 Å². The minimum atomic E-state index is -0.00101. The SMILES string of the molecule is CCC(=O)NCCc1csc([C@@H]2CCCN(C(=O)c3ccc(OC)nc3)C2)n1. The van der Waals surface area contributed by atoms with Gasteiger partial charge in [0.05, 0.1) is 23.4 Å². The van der Waals surface area contributed by atoms with E-state index in [1.807, 2.05) is 11.8 Å². The number of amides is 2. The average Bonchev–Trinajstić information content (AvgIpc) is 3.22. The van der Waals surface area contributed by atoms with Gasteiger partial charge in [0.2, 0.25) is 11.8 Å². The van der Waals surface area contributed by atoms with Crippen molar-refractivity contribution in [2.45, 2.75) is 38.5 Å². The molecule has 0 spiro atoms. The molecule has 8 heteroatoms. The number of hydrogen-bond acceptors (Lipinski definition) is 6. The first-order chi connectivity index (χ1) is 13.6. The number of nitrogens with zero attached hydrogens (tertiary/aromatic N) is 3. The van der Waals surface area contributed by atoms with Gasteiger partial charge in [-0.25, -0.2) is 9.97 Å². The zero-order chi connectivity index (χ0) is 19.9. The summed E-state index contributed by atoms with van der Waals surface area (Å²) in [6.45, 7) is 3.87. The van der Waals surface area contributed by atoms with Gasteiger partial charge < -0.3 is 15.0 Å². The van der Waals surface area contributed by atoms with Crippen LogP contribution in [0.25, 0.3) is 0 Å². The van der Waals surface area contributed by atoms with Crippen LogP contribution in [0.3, 0.4) is 0 Å². The van der Waals surface area contributed by atoms with Crippen LogP contribution < -0.4 is 10.1 Å². The maximum absolute atomic E-state index is 12.8. The molecule has 28 heavy (non-hydrogen) atoms. The van der Waals surface area contributed by atoms with Crippen LogP contribution in [0.5, 0.6) is 5.88 Å². The number of carbonyl (C=O) groups is 2. The molecule has 150 valence electrons. The molecule has 3 heterocycles. The highest BCUT2D eigenvalue weighted by molar-refractivity contribution is 7.09. The fourth-order valence-corrected chi connectivity index (χ4v) is 4.24. The van der Waals surface area contributed by atoms with Gasteiger partial charge in [0.25, 0.3) is 5.91 Å². The molecule has 3 rings (SSSR count). The number of piperidine rings is 1. The quantitative estimate of drug-likeness (QED) is 0.770. The molecule has 1 saturated heterocycles.